The molecule has 1 aromatic rings. The van der Waals surface area contributed by atoms with Gasteiger partial charge in [-0.1, -0.05) is 37.2 Å². The van der Waals surface area contributed by atoms with E-state index >= 15 is 0 Å². The zero-order chi connectivity index (χ0) is 13.6. The molecule has 6 heteroatoms. The van der Waals surface area contributed by atoms with Crippen molar-refractivity contribution in [1.82, 2.24) is 5.32 Å². The highest BCUT2D eigenvalue weighted by atomic mass is 16.6. The van der Waals surface area contributed by atoms with Crippen molar-refractivity contribution in [2.24, 2.45) is 16.3 Å². The van der Waals surface area contributed by atoms with Gasteiger partial charge in [0.2, 0.25) is 0 Å². The molecular formula is C12H17N3O3. The Morgan fingerprint density at radius 3 is 2.61 bits per heavy atom. The predicted octanol–water partition coefficient (Wildman–Crippen LogP) is 1.55. The van der Waals surface area contributed by atoms with Gasteiger partial charge in [0.05, 0.1) is 0 Å². The summed E-state index contributed by atoms with van der Waals surface area (Å²) >= 11 is 0. The summed E-state index contributed by atoms with van der Waals surface area (Å²) in [5, 5.41) is 14.1. The Morgan fingerprint density at radius 1 is 1.44 bits per heavy atom. The van der Waals surface area contributed by atoms with Crippen molar-refractivity contribution in [3.63, 3.8) is 0 Å². The van der Waals surface area contributed by atoms with Gasteiger partial charge in [-0.25, -0.2) is 4.79 Å². The van der Waals surface area contributed by atoms with Crippen LogP contribution in [0.4, 0.5) is 4.79 Å². The fourth-order valence-electron chi connectivity index (χ4n) is 1.15. The van der Waals surface area contributed by atoms with Crippen LogP contribution in [0.25, 0.3) is 0 Å². The Hall–Kier alpha value is -2.24. The Bertz CT molecular complexity index is 429. The smallest absolute Gasteiger partial charge is 0.410 e. The summed E-state index contributed by atoms with van der Waals surface area (Å²) in [5.41, 5.74) is 4.85. The van der Waals surface area contributed by atoms with Crippen LogP contribution in [0.2, 0.25) is 0 Å². The Morgan fingerprint density at radius 2 is 2.06 bits per heavy atom. The third kappa shape index (κ3) is 3.97. The average Bonchev–Trinajstić information content (AvgIpc) is 2.36. The Kier molecular flexibility index (Phi) is 4.53. The number of amidine groups is 1. The third-order valence-electron chi connectivity index (χ3n) is 2.43. The van der Waals surface area contributed by atoms with Gasteiger partial charge in [0.1, 0.15) is 11.6 Å². The van der Waals surface area contributed by atoms with E-state index in [2.05, 4.69) is 10.5 Å². The molecule has 98 valence electrons. The molecule has 0 radical (unpaired) electrons. The first-order valence-corrected chi connectivity index (χ1v) is 5.44. The summed E-state index contributed by atoms with van der Waals surface area (Å²) in [5.74, 6) is 0.499. The lowest BCUT2D eigenvalue weighted by molar-refractivity contribution is 0.197. The number of para-hydroxylation sites is 1. The lowest BCUT2D eigenvalue weighted by Crippen LogP contribution is -2.43. The quantitative estimate of drug-likeness (QED) is 0.327. The van der Waals surface area contributed by atoms with Crippen LogP contribution in [-0.2, 0) is 0 Å². The van der Waals surface area contributed by atoms with E-state index in [0.717, 1.165) is 0 Å². The number of amides is 1. The first-order chi connectivity index (χ1) is 8.45. The largest absolute Gasteiger partial charge is 0.412 e. The number of nitrogens with two attached hydrogens (primary N) is 1. The highest BCUT2D eigenvalue weighted by Gasteiger charge is 2.24. The molecule has 1 aromatic carbocycles. The number of nitrogens with zero attached hydrogens (tertiary/aromatic N) is 1. The van der Waals surface area contributed by atoms with Gasteiger partial charge in [-0.05, 0) is 12.1 Å². The maximum absolute atomic E-state index is 11.5. The highest BCUT2D eigenvalue weighted by Crippen LogP contribution is 2.14. The van der Waals surface area contributed by atoms with Crippen LogP contribution in [0.15, 0.2) is 35.5 Å². The number of hydrogen-bond donors (Lipinski definition) is 3. The molecule has 18 heavy (non-hydrogen) atoms. The van der Waals surface area contributed by atoms with Crippen LogP contribution in [-0.4, -0.2) is 23.7 Å². The number of carbonyl (C=O) groups is 1. The van der Waals surface area contributed by atoms with Crippen molar-refractivity contribution in [3.05, 3.63) is 30.3 Å². The number of hydrogen-bond acceptors (Lipinski definition) is 4. The number of ether oxygens (including phenoxy) is 1. The number of carbonyl (C=O) groups excluding carboxylic acids is 1. The van der Waals surface area contributed by atoms with Crippen molar-refractivity contribution < 1.29 is 14.7 Å². The van der Waals surface area contributed by atoms with Gasteiger partial charge in [-0.3, -0.25) is 0 Å². The second kappa shape index (κ2) is 5.90. The van der Waals surface area contributed by atoms with Crippen LogP contribution < -0.4 is 15.8 Å². The minimum Gasteiger partial charge on any atom is -0.410 e. The second-order valence-corrected chi connectivity index (χ2v) is 4.43. The van der Waals surface area contributed by atoms with Crippen molar-refractivity contribution in [1.29, 1.82) is 0 Å². The number of nitrogens with one attached hydrogen (secondary N) is 1. The first-order valence-electron chi connectivity index (χ1n) is 5.44. The van der Waals surface area contributed by atoms with Crippen molar-refractivity contribution in [2.75, 3.05) is 6.54 Å². The average molecular weight is 251 g/mol. The van der Waals surface area contributed by atoms with E-state index in [1.54, 1.807) is 38.1 Å². The number of oxime groups is 1. The van der Waals surface area contributed by atoms with Crippen molar-refractivity contribution in [2.45, 2.75) is 13.8 Å². The standard InChI is InChI=1S/C12H17N3O3/c1-12(2,10(13)15-17)8-14-11(16)18-9-6-4-3-5-7-9/h3-7,17H,8H2,1-2H3,(H2,13,15)(H,14,16). The number of benzene rings is 1. The SMILES string of the molecule is CC(C)(CNC(=O)Oc1ccccc1)/C(N)=N/O. The van der Waals surface area contributed by atoms with Crippen LogP contribution in [0.3, 0.4) is 0 Å². The third-order valence-corrected chi connectivity index (χ3v) is 2.43. The van der Waals surface area contributed by atoms with E-state index in [-0.39, 0.29) is 12.4 Å². The van der Waals surface area contributed by atoms with E-state index in [1.807, 2.05) is 6.07 Å². The van der Waals surface area contributed by atoms with Crippen LogP contribution in [0, 0.1) is 5.41 Å². The zero-order valence-corrected chi connectivity index (χ0v) is 10.4. The van der Waals surface area contributed by atoms with E-state index in [0.29, 0.717) is 5.75 Å². The molecule has 0 fully saturated rings. The normalized spacial score (nSPS) is 12.0. The minimum absolute atomic E-state index is 0.0440. The maximum atomic E-state index is 11.5. The minimum atomic E-state index is -0.648. The predicted molar refractivity (Wildman–Crippen MR) is 67.7 cm³/mol. The maximum Gasteiger partial charge on any atom is 0.412 e. The Balaban J connectivity index is 2.47. The van der Waals surface area contributed by atoms with E-state index in [4.69, 9.17) is 15.7 Å². The first kappa shape index (κ1) is 13.8. The molecule has 1 amide bonds. The summed E-state index contributed by atoms with van der Waals surface area (Å²) in [4.78, 5) is 11.5. The summed E-state index contributed by atoms with van der Waals surface area (Å²) in [7, 11) is 0. The molecule has 4 N–H and O–H groups in total. The molecule has 0 aliphatic carbocycles. The molecule has 0 bridgehead atoms. The van der Waals surface area contributed by atoms with Crippen LogP contribution in [0.1, 0.15) is 13.8 Å². The Labute approximate surface area is 105 Å². The van der Waals surface area contributed by atoms with E-state index in [1.165, 1.54) is 0 Å². The fraction of sp³-hybridized carbons (Fsp3) is 0.333. The van der Waals surface area contributed by atoms with Crippen LogP contribution in [0.5, 0.6) is 5.75 Å². The van der Waals surface area contributed by atoms with E-state index < -0.39 is 11.5 Å². The van der Waals surface area contributed by atoms with Gasteiger partial charge in [-0.15, -0.1) is 0 Å². The second-order valence-electron chi connectivity index (χ2n) is 4.43. The summed E-state index contributed by atoms with van der Waals surface area (Å²) < 4.78 is 5.03. The number of rotatable bonds is 4. The molecule has 0 heterocycles. The molecular weight excluding hydrogens is 234 g/mol. The highest BCUT2D eigenvalue weighted by molar-refractivity contribution is 5.86. The summed E-state index contributed by atoms with van der Waals surface area (Å²) in [6, 6.07) is 8.71. The van der Waals surface area contributed by atoms with Crippen LogP contribution >= 0.6 is 0 Å². The lowest BCUT2D eigenvalue weighted by atomic mass is 9.92. The van der Waals surface area contributed by atoms with Gasteiger partial charge in [0.15, 0.2) is 0 Å². The molecule has 1 rings (SSSR count). The fourth-order valence-corrected chi connectivity index (χ4v) is 1.15. The summed E-state index contributed by atoms with van der Waals surface area (Å²) in [6.07, 6.45) is -0.583. The molecule has 0 unspecified atom stereocenters. The van der Waals surface area contributed by atoms with Crippen molar-refractivity contribution in [3.8, 4) is 5.75 Å². The zero-order valence-electron chi connectivity index (χ0n) is 10.4. The van der Waals surface area contributed by atoms with Gasteiger partial charge in [-0.2, -0.15) is 0 Å². The van der Waals surface area contributed by atoms with Gasteiger partial charge >= 0.3 is 6.09 Å². The molecule has 0 spiro atoms. The van der Waals surface area contributed by atoms with E-state index in [9.17, 15) is 4.79 Å². The van der Waals surface area contributed by atoms with Crippen molar-refractivity contribution >= 4 is 11.9 Å². The lowest BCUT2D eigenvalue weighted by Gasteiger charge is -2.22. The molecule has 0 saturated carbocycles. The van der Waals surface area contributed by atoms with Gasteiger partial charge in [0.25, 0.3) is 0 Å². The molecule has 0 aliphatic rings. The summed E-state index contributed by atoms with van der Waals surface area (Å²) in [6.45, 7) is 3.68. The van der Waals surface area contributed by atoms with Gasteiger partial charge in [0, 0.05) is 12.0 Å². The molecule has 0 atom stereocenters. The molecule has 0 aliphatic heterocycles. The monoisotopic (exact) mass is 251 g/mol. The molecule has 6 nitrogen and oxygen atoms in total. The molecule has 0 aromatic heterocycles. The van der Waals surface area contributed by atoms with Gasteiger partial charge < -0.3 is 21.0 Å². The topological polar surface area (TPSA) is 96.9 Å². The molecule has 0 saturated heterocycles.